The Kier molecular flexibility index (Phi) is 20.1. The molecule has 0 saturated heterocycles. The number of aromatic nitrogens is 7. The summed E-state index contributed by atoms with van der Waals surface area (Å²) in [5.74, 6) is 1.96. The van der Waals surface area contributed by atoms with Gasteiger partial charge in [0.15, 0.2) is 17.5 Å². The Morgan fingerprint density at radius 2 is 0.440 bits per heavy atom. The molecule has 0 N–H and O–H groups in total. The van der Waals surface area contributed by atoms with Gasteiger partial charge in [0, 0.05) is 105 Å². The lowest BCUT2D eigenvalue weighted by Gasteiger charge is -2.26. The normalized spacial score (nSPS) is 12.0. The number of para-hydroxylation sites is 7. The zero-order valence-corrected chi connectivity index (χ0v) is 73.9. The predicted molar refractivity (Wildman–Crippen MR) is 560 cm³/mol. The molecule has 0 spiro atoms. The second kappa shape index (κ2) is 33.8. The Labute approximate surface area is 777 Å². The zero-order valence-electron chi connectivity index (χ0n) is 73.9. The molecule has 0 saturated carbocycles. The first-order valence-electron chi connectivity index (χ1n) is 45.9. The molecule has 1 aliphatic carbocycles. The van der Waals surface area contributed by atoms with Gasteiger partial charge in [-0.25, -0.2) is 15.0 Å². The van der Waals surface area contributed by atoms with E-state index in [1.807, 2.05) is 60.7 Å². The molecule has 0 bridgehead atoms. The smallest absolute Gasteiger partial charge is 0.164 e. The third kappa shape index (κ3) is 14.3. The highest BCUT2D eigenvalue weighted by atomic mass is 15.1. The van der Waals surface area contributed by atoms with Crippen molar-refractivity contribution in [2.45, 2.75) is 19.3 Å². The summed E-state index contributed by atoms with van der Waals surface area (Å²) in [7, 11) is 0. The maximum absolute atomic E-state index is 5.00. The summed E-state index contributed by atoms with van der Waals surface area (Å²) < 4.78 is 9.49. The lowest BCUT2D eigenvalue weighted by Crippen LogP contribution is -2.14. The highest BCUT2D eigenvalue weighted by Crippen LogP contribution is 2.52. The van der Waals surface area contributed by atoms with Crippen molar-refractivity contribution >= 4 is 104 Å². The topological polar surface area (TPSA) is 61.6 Å². The number of benzene rings is 20. The van der Waals surface area contributed by atoms with E-state index in [9.17, 15) is 0 Å². The van der Waals surface area contributed by atoms with Crippen LogP contribution >= 0.6 is 0 Å². The number of nitrogens with zero attached hydrogens (tertiary/aromatic N) is 8. The summed E-state index contributed by atoms with van der Waals surface area (Å²) in [5.41, 5.74) is 35.5. The van der Waals surface area contributed by atoms with Crippen LogP contribution in [0.1, 0.15) is 25.0 Å². The van der Waals surface area contributed by atoms with Crippen molar-refractivity contribution in [1.82, 2.24) is 33.2 Å². The minimum Gasteiger partial charge on any atom is -0.311 e. The Morgan fingerprint density at radius 3 is 0.828 bits per heavy atom. The molecule has 134 heavy (non-hydrogen) atoms. The van der Waals surface area contributed by atoms with Gasteiger partial charge >= 0.3 is 0 Å². The molecular formula is C126H88N8. The molecule has 0 radical (unpaired) electrons. The third-order valence-electron chi connectivity index (χ3n) is 26.8. The molecule has 632 valence electrons. The Morgan fingerprint density at radius 1 is 0.172 bits per heavy atom. The van der Waals surface area contributed by atoms with Gasteiger partial charge in [0.05, 0.1) is 44.1 Å². The van der Waals surface area contributed by atoms with Crippen LogP contribution in [-0.2, 0) is 5.41 Å². The molecule has 8 nitrogen and oxygen atoms in total. The fourth-order valence-electron chi connectivity index (χ4n) is 20.3. The van der Waals surface area contributed by atoms with Gasteiger partial charge in [0.1, 0.15) is 0 Å². The molecule has 5 aromatic heterocycles. The van der Waals surface area contributed by atoms with Gasteiger partial charge in [-0.05, 0) is 224 Å². The van der Waals surface area contributed by atoms with Gasteiger partial charge < -0.3 is 23.2 Å². The largest absolute Gasteiger partial charge is 0.311 e. The zero-order chi connectivity index (χ0) is 89.2. The van der Waals surface area contributed by atoms with Crippen LogP contribution in [0.4, 0.5) is 17.1 Å². The lowest BCUT2D eigenvalue weighted by atomic mass is 9.82. The molecule has 26 rings (SSSR count). The Balaban J connectivity index is 0.000000111. The summed E-state index contributed by atoms with van der Waals surface area (Å²) in [5, 5.41) is 10.1. The second-order valence-corrected chi connectivity index (χ2v) is 35.0. The fourth-order valence-corrected chi connectivity index (χ4v) is 20.3. The Bertz CT molecular complexity index is 8410. The molecule has 8 heteroatoms. The first-order chi connectivity index (χ1) is 66.2. The van der Waals surface area contributed by atoms with Gasteiger partial charge in [-0.3, -0.25) is 0 Å². The van der Waals surface area contributed by atoms with E-state index in [2.05, 4.69) is 474 Å². The second-order valence-electron chi connectivity index (χ2n) is 35.0. The molecule has 0 aliphatic heterocycles. The Hall–Kier alpha value is -17.6. The van der Waals surface area contributed by atoms with Gasteiger partial charge in [-0.15, -0.1) is 0 Å². The first-order valence-corrected chi connectivity index (χ1v) is 45.9. The van der Waals surface area contributed by atoms with Crippen molar-refractivity contribution in [2.75, 3.05) is 4.90 Å². The van der Waals surface area contributed by atoms with Crippen molar-refractivity contribution in [2.24, 2.45) is 0 Å². The number of hydrogen-bond acceptors (Lipinski definition) is 4. The van der Waals surface area contributed by atoms with Crippen molar-refractivity contribution in [1.29, 1.82) is 0 Å². The van der Waals surface area contributed by atoms with Crippen LogP contribution in [-0.4, -0.2) is 33.2 Å². The highest BCUT2D eigenvalue weighted by Gasteiger charge is 2.36. The van der Waals surface area contributed by atoms with Crippen LogP contribution in [0.25, 0.3) is 200 Å². The molecule has 0 unspecified atom stereocenters. The standard InChI is InChI=1S/C48H34N2.C42H30N4.C36H24N2/c1-4-12-35(13-5-1)37-20-27-42(28-21-37)49(43-29-22-38(23-30-43)36-14-6-2-7-15-36)44-31-24-39(25-32-44)40-26-33-48-46(34-40)45-18-10-11-19-47(45)50(48)41-16-8-3-9-17-41;1-42(2)35-22-11-9-20-31(35)33-25-34-32-21-10-12-23-37(32)46(38(34)26-36(33)42)30-19-13-18-29(24-30)41-44-39(27-14-5-3-6-15-27)43-40(45-41)28-16-7-4-8-17-28;1-3-11-27(12-4-1)37-33-17-9-7-15-29(33)31-23-25(19-21-35(31)37)26-20-22-36-32(24-26)30-16-8-10-18-34(30)38(36)28-13-5-2-6-14-28/h1-34H;3-26H,1-2H3;1-24H. The van der Waals surface area contributed by atoms with E-state index in [-0.39, 0.29) is 5.41 Å². The maximum atomic E-state index is 5.00. The van der Waals surface area contributed by atoms with Crippen LogP contribution in [0.3, 0.4) is 0 Å². The number of hydrogen-bond donors (Lipinski definition) is 0. The molecule has 20 aromatic carbocycles. The molecule has 0 atom stereocenters. The lowest BCUT2D eigenvalue weighted by molar-refractivity contribution is 0.661. The summed E-state index contributed by atoms with van der Waals surface area (Å²) in [6.45, 7) is 4.68. The molecule has 1 aliphatic rings. The summed E-state index contributed by atoms with van der Waals surface area (Å²) in [4.78, 5) is 17.2. The quantitative estimate of drug-likeness (QED) is 0.109. The summed E-state index contributed by atoms with van der Waals surface area (Å²) in [6, 6.07) is 178. The van der Waals surface area contributed by atoms with Gasteiger partial charge in [-0.1, -0.05) is 354 Å². The van der Waals surface area contributed by atoms with E-state index in [0.29, 0.717) is 17.5 Å². The maximum Gasteiger partial charge on any atom is 0.164 e. The number of rotatable bonds is 14. The van der Waals surface area contributed by atoms with E-state index in [4.69, 9.17) is 15.0 Å². The van der Waals surface area contributed by atoms with Gasteiger partial charge in [0.25, 0.3) is 0 Å². The first kappa shape index (κ1) is 79.8. The van der Waals surface area contributed by atoms with E-state index in [0.717, 1.165) is 39.4 Å². The van der Waals surface area contributed by atoms with Crippen molar-refractivity contribution in [3.8, 4) is 113 Å². The van der Waals surface area contributed by atoms with E-state index < -0.39 is 0 Å². The van der Waals surface area contributed by atoms with Crippen LogP contribution < -0.4 is 4.90 Å². The minimum absolute atomic E-state index is 0.0875. The minimum atomic E-state index is -0.0875. The summed E-state index contributed by atoms with van der Waals surface area (Å²) >= 11 is 0. The van der Waals surface area contributed by atoms with Crippen molar-refractivity contribution in [3.63, 3.8) is 0 Å². The third-order valence-corrected chi connectivity index (χ3v) is 26.8. The number of fused-ring (bicyclic) bond motifs is 15. The van der Waals surface area contributed by atoms with Crippen LogP contribution in [0.2, 0.25) is 0 Å². The molecule has 0 fully saturated rings. The van der Waals surface area contributed by atoms with Crippen molar-refractivity contribution < 1.29 is 0 Å². The summed E-state index contributed by atoms with van der Waals surface area (Å²) in [6.07, 6.45) is 0. The average Bonchev–Trinajstić information content (AvgIpc) is 1.55. The fraction of sp³-hybridized carbons (Fsp3) is 0.0238. The van der Waals surface area contributed by atoms with E-state index >= 15 is 0 Å². The highest BCUT2D eigenvalue weighted by molar-refractivity contribution is 6.15. The number of anilines is 3. The monoisotopic (exact) mass is 1710 g/mol. The van der Waals surface area contributed by atoms with E-state index in [1.165, 1.54) is 171 Å². The molecular weight excluding hydrogens is 1630 g/mol. The average molecular weight is 1710 g/mol. The molecule has 0 amide bonds. The van der Waals surface area contributed by atoms with Crippen LogP contribution in [0.15, 0.2) is 497 Å². The van der Waals surface area contributed by atoms with Gasteiger partial charge in [0.2, 0.25) is 0 Å². The predicted octanol–water partition coefficient (Wildman–Crippen LogP) is 33.1. The van der Waals surface area contributed by atoms with Gasteiger partial charge in [-0.2, -0.15) is 0 Å². The van der Waals surface area contributed by atoms with Crippen LogP contribution in [0.5, 0.6) is 0 Å². The van der Waals surface area contributed by atoms with E-state index in [1.54, 1.807) is 0 Å². The SMILES string of the molecule is CC1(C)c2ccccc2-c2cc3c4ccccc4n(-c4cccc(-c5nc(-c6ccccc6)nc(-c6ccccc6)n5)c4)c3cc21.c1ccc(-c2ccc(N(c3ccc(-c4ccccc4)cc3)c3ccc(-c4ccc5c(c4)c4ccccc4n5-c4ccccc4)cc3)cc2)cc1.c1ccc(-n2c3ccccc3c3cc(-c4ccc5c(c4)c4ccccc4n5-c4ccccc4)ccc32)cc1. The molecule has 5 heterocycles. The molecule has 25 aromatic rings. The van der Waals surface area contributed by atoms with Crippen molar-refractivity contribution in [3.05, 3.63) is 509 Å². The van der Waals surface area contributed by atoms with Crippen LogP contribution in [0, 0.1) is 0 Å².